The maximum atomic E-state index is 13.3. The zero-order chi connectivity index (χ0) is 23.8. The van der Waals surface area contributed by atoms with Crippen molar-refractivity contribution in [3.8, 4) is 0 Å². The number of carbonyl (C=O) groups is 2. The summed E-state index contributed by atoms with van der Waals surface area (Å²) in [6, 6.07) is 8.35. The van der Waals surface area contributed by atoms with Gasteiger partial charge in [0.2, 0.25) is 0 Å². The van der Waals surface area contributed by atoms with Crippen LogP contribution in [0, 0.1) is 6.92 Å². The minimum absolute atomic E-state index is 0.213. The van der Waals surface area contributed by atoms with Crippen molar-refractivity contribution in [2.45, 2.75) is 26.6 Å². The topological polar surface area (TPSA) is 67.9 Å². The standard InChI is InChI=1S/C23H24F3N3O4/c1-3-32-22(31)28-10-8-27(9-11-28)21(30)19-13-20-18(12-15(2)33-20)29(19)14-16-4-6-17(7-5-16)23(24,25)26/h4-7,12-13H,3,8-11,14H2,1-2H3. The van der Waals surface area contributed by atoms with Crippen LogP contribution in [0.3, 0.4) is 0 Å². The summed E-state index contributed by atoms with van der Waals surface area (Å²) >= 11 is 0. The van der Waals surface area contributed by atoms with Crippen LogP contribution in [0.15, 0.2) is 40.8 Å². The lowest BCUT2D eigenvalue weighted by molar-refractivity contribution is -0.137. The molecule has 33 heavy (non-hydrogen) atoms. The molecule has 0 radical (unpaired) electrons. The molecule has 10 heteroatoms. The second-order valence-electron chi connectivity index (χ2n) is 7.90. The van der Waals surface area contributed by atoms with Crippen molar-refractivity contribution in [2.75, 3.05) is 32.8 Å². The molecule has 2 amide bonds. The highest BCUT2D eigenvalue weighted by atomic mass is 19.4. The maximum Gasteiger partial charge on any atom is 0.416 e. The molecular formula is C23H24F3N3O4. The third-order valence-corrected chi connectivity index (χ3v) is 5.65. The van der Waals surface area contributed by atoms with Crippen LogP contribution < -0.4 is 0 Å². The van der Waals surface area contributed by atoms with Gasteiger partial charge in [0, 0.05) is 44.9 Å². The number of nitrogens with zero attached hydrogens (tertiary/aromatic N) is 3. The van der Waals surface area contributed by atoms with Crippen LogP contribution >= 0.6 is 0 Å². The van der Waals surface area contributed by atoms with Crippen LogP contribution in [-0.4, -0.2) is 59.2 Å². The first-order valence-electron chi connectivity index (χ1n) is 10.6. The summed E-state index contributed by atoms with van der Waals surface area (Å²) < 4.78 is 51.2. The average molecular weight is 463 g/mol. The van der Waals surface area contributed by atoms with Crippen LogP contribution in [0.2, 0.25) is 0 Å². The molecule has 3 heterocycles. The number of benzene rings is 1. The SMILES string of the molecule is CCOC(=O)N1CCN(C(=O)c2cc3oc(C)cc3n2Cc2ccc(C(F)(F)F)cc2)CC1. The van der Waals surface area contributed by atoms with E-state index in [1.54, 1.807) is 40.3 Å². The Morgan fingerprint density at radius 3 is 2.27 bits per heavy atom. The smallest absolute Gasteiger partial charge is 0.416 e. The van der Waals surface area contributed by atoms with E-state index in [0.717, 1.165) is 12.1 Å². The molecule has 0 spiro atoms. The van der Waals surface area contributed by atoms with Crippen molar-refractivity contribution in [3.63, 3.8) is 0 Å². The Kier molecular flexibility index (Phi) is 6.09. The van der Waals surface area contributed by atoms with E-state index in [1.807, 2.05) is 0 Å². The lowest BCUT2D eigenvalue weighted by atomic mass is 10.1. The Morgan fingerprint density at radius 1 is 1.03 bits per heavy atom. The van der Waals surface area contributed by atoms with E-state index in [9.17, 15) is 22.8 Å². The molecule has 0 unspecified atom stereocenters. The summed E-state index contributed by atoms with van der Waals surface area (Å²) in [5, 5.41) is 0. The van der Waals surface area contributed by atoms with Crippen molar-refractivity contribution in [1.82, 2.24) is 14.4 Å². The molecular weight excluding hydrogens is 439 g/mol. The fraction of sp³-hybridized carbons (Fsp3) is 0.391. The molecule has 0 bridgehead atoms. The number of amides is 2. The molecule has 1 saturated heterocycles. The number of furan rings is 1. The lowest BCUT2D eigenvalue weighted by Crippen LogP contribution is -2.51. The van der Waals surface area contributed by atoms with Crippen LogP contribution in [-0.2, 0) is 17.5 Å². The number of alkyl halides is 3. The molecule has 2 aromatic heterocycles. The predicted molar refractivity (Wildman–Crippen MR) is 114 cm³/mol. The van der Waals surface area contributed by atoms with Gasteiger partial charge in [0.05, 0.1) is 17.7 Å². The fourth-order valence-electron chi connectivity index (χ4n) is 3.96. The molecule has 176 valence electrons. The normalized spacial score (nSPS) is 14.7. The molecule has 3 aromatic rings. The van der Waals surface area contributed by atoms with Gasteiger partial charge in [-0.25, -0.2) is 4.79 Å². The van der Waals surface area contributed by atoms with Gasteiger partial charge in [0.15, 0.2) is 5.58 Å². The minimum Gasteiger partial charge on any atom is -0.460 e. The number of carbonyl (C=O) groups excluding carboxylic acids is 2. The molecule has 7 nitrogen and oxygen atoms in total. The van der Waals surface area contributed by atoms with Crippen LogP contribution in [0.25, 0.3) is 11.1 Å². The number of hydrogen-bond donors (Lipinski definition) is 0. The molecule has 1 aliphatic rings. The number of aryl methyl sites for hydroxylation is 1. The summed E-state index contributed by atoms with van der Waals surface area (Å²) in [5.74, 6) is 0.442. The van der Waals surface area contributed by atoms with E-state index < -0.39 is 17.8 Å². The number of ether oxygens (including phenoxy) is 1. The van der Waals surface area contributed by atoms with Crippen molar-refractivity contribution >= 4 is 23.1 Å². The Bertz CT molecular complexity index is 1160. The highest BCUT2D eigenvalue weighted by Crippen LogP contribution is 2.30. The van der Waals surface area contributed by atoms with E-state index in [1.165, 1.54) is 12.1 Å². The van der Waals surface area contributed by atoms with Gasteiger partial charge in [-0.05, 0) is 31.5 Å². The Labute approximate surface area is 188 Å². The van der Waals surface area contributed by atoms with Gasteiger partial charge in [-0.2, -0.15) is 13.2 Å². The average Bonchev–Trinajstić information content (AvgIpc) is 3.30. The van der Waals surface area contributed by atoms with Crippen LogP contribution in [0.1, 0.15) is 34.3 Å². The van der Waals surface area contributed by atoms with Crippen molar-refractivity contribution in [2.24, 2.45) is 0 Å². The number of fused-ring (bicyclic) bond motifs is 1. The molecule has 0 N–H and O–H groups in total. The van der Waals surface area contributed by atoms with Gasteiger partial charge in [-0.3, -0.25) is 4.79 Å². The highest BCUT2D eigenvalue weighted by molar-refractivity contribution is 5.98. The predicted octanol–water partition coefficient (Wildman–Crippen LogP) is 4.52. The van der Waals surface area contributed by atoms with E-state index in [4.69, 9.17) is 9.15 Å². The summed E-state index contributed by atoms with van der Waals surface area (Å²) in [4.78, 5) is 28.5. The van der Waals surface area contributed by atoms with Crippen molar-refractivity contribution in [1.29, 1.82) is 0 Å². The number of halogens is 3. The molecule has 1 aliphatic heterocycles. The van der Waals surface area contributed by atoms with E-state index in [2.05, 4.69) is 0 Å². The van der Waals surface area contributed by atoms with E-state index in [-0.39, 0.29) is 19.1 Å². The Hall–Kier alpha value is -3.43. The number of rotatable bonds is 4. The molecule has 1 aromatic carbocycles. The van der Waals surface area contributed by atoms with Crippen molar-refractivity contribution in [3.05, 3.63) is 59.0 Å². The summed E-state index contributed by atoms with van der Waals surface area (Å²) in [6.45, 7) is 5.45. The number of aromatic nitrogens is 1. The van der Waals surface area contributed by atoms with E-state index in [0.29, 0.717) is 54.3 Å². The zero-order valence-corrected chi connectivity index (χ0v) is 18.3. The first-order valence-corrected chi connectivity index (χ1v) is 10.6. The maximum absolute atomic E-state index is 13.3. The first kappa shape index (κ1) is 22.8. The molecule has 0 saturated carbocycles. The van der Waals surface area contributed by atoms with Gasteiger partial charge in [0.25, 0.3) is 5.91 Å². The summed E-state index contributed by atoms with van der Waals surface area (Å²) in [7, 11) is 0. The lowest BCUT2D eigenvalue weighted by Gasteiger charge is -2.34. The first-order chi connectivity index (χ1) is 15.7. The van der Waals surface area contributed by atoms with E-state index >= 15 is 0 Å². The second kappa shape index (κ2) is 8.84. The number of hydrogen-bond acceptors (Lipinski definition) is 4. The van der Waals surface area contributed by atoms with Gasteiger partial charge in [-0.1, -0.05) is 12.1 Å². The fourth-order valence-corrected chi connectivity index (χ4v) is 3.96. The second-order valence-corrected chi connectivity index (χ2v) is 7.90. The van der Waals surface area contributed by atoms with Crippen LogP contribution in [0.5, 0.6) is 0 Å². The third kappa shape index (κ3) is 4.69. The molecule has 0 aliphatic carbocycles. The molecule has 1 fully saturated rings. The highest BCUT2D eigenvalue weighted by Gasteiger charge is 2.31. The van der Waals surface area contributed by atoms with Gasteiger partial charge >= 0.3 is 12.3 Å². The third-order valence-electron chi connectivity index (χ3n) is 5.65. The summed E-state index contributed by atoms with van der Waals surface area (Å²) in [5.41, 5.74) is 1.52. The van der Waals surface area contributed by atoms with Crippen LogP contribution in [0.4, 0.5) is 18.0 Å². The largest absolute Gasteiger partial charge is 0.460 e. The summed E-state index contributed by atoms with van der Waals surface area (Å²) in [6.07, 6.45) is -4.81. The Morgan fingerprint density at radius 2 is 1.67 bits per heavy atom. The monoisotopic (exact) mass is 463 g/mol. The van der Waals surface area contributed by atoms with Gasteiger partial charge in [0.1, 0.15) is 11.5 Å². The molecule has 4 rings (SSSR count). The molecule has 0 atom stereocenters. The number of piperazine rings is 1. The Balaban J connectivity index is 1.57. The van der Waals surface area contributed by atoms with Gasteiger partial charge < -0.3 is 23.5 Å². The van der Waals surface area contributed by atoms with Crippen molar-refractivity contribution < 1.29 is 31.9 Å². The quantitative estimate of drug-likeness (QED) is 0.571. The minimum atomic E-state index is -4.41. The van der Waals surface area contributed by atoms with Gasteiger partial charge in [-0.15, -0.1) is 0 Å². The zero-order valence-electron chi connectivity index (χ0n) is 18.3.